The zero-order chi connectivity index (χ0) is 18.0. The molecule has 0 unspecified atom stereocenters. The monoisotopic (exact) mass is 354 g/mol. The molecule has 0 amide bonds. The number of hydrogen-bond donors (Lipinski definition) is 0. The third-order valence-corrected chi connectivity index (χ3v) is 5.03. The molecule has 3 nitrogen and oxygen atoms in total. The Morgan fingerprint density at radius 3 is 2.19 bits per heavy atom. The predicted molar refractivity (Wildman–Crippen MR) is 105 cm³/mol. The minimum atomic E-state index is 0.641. The first-order valence-electron chi connectivity index (χ1n) is 9.69. The first-order chi connectivity index (χ1) is 12.9. The van der Waals surface area contributed by atoms with Gasteiger partial charge in [-0.1, -0.05) is 42.5 Å². The molecule has 0 fully saturated rings. The lowest BCUT2D eigenvalue weighted by Crippen LogP contribution is -2.10. The fourth-order valence-electron chi connectivity index (χ4n) is 3.60. The number of fused-ring (bicyclic) bond motifs is 2. The average molecular weight is 354 g/mol. The standard InChI is InChI=1S/C23H30O3/c1-24-13-14-26-16-15-25-12-5-4-7-19-10-6-11-22-17-20-8-2-3-9-21(20)18-23(19)22/h2-3,6,8-11H,4-5,7,12-18H2,1H3. The number of aryl methyl sites for hydroxylation is 1. The molecule has 0 aliphatic heterocycles. The largest absolute Gasteiger partial charge is 0.382 e. The number of benzene rings is 2. The van der Waals surface area contributed by atoms with Crippen LogP contribution in [0.25, 0.3) is 0 Å². The summed E-state index contributed by atoms with van der Waals surface area (Å²) in [6.45, 7) is 3.41. The highest BCUT2D eigenvalue weighted by molar-refractivity contribution is 5.48. The van der Waals surface area contributed by atoms with Crippen molar-refractivity contribution in [1.82, 2.24) is 0 Å². The van der Waals surface area contributed by atoms with Gasteiger partial charge in [-0.15, -0.1) is 0 Å². The van der Waals surface area contributed by atoms with E-state index in [9.17, 15) is 0 Å². The smallest absolute Gasteiger partial charge is 0.0701 e. The van der Waals surface area contributed by atoms with Gasteiger partial charge in [0.2, 0.25) is 0 Å². The second-order valence-corrected chi connectivity index (χ2v) is 6.85. The second kappa shape index (κ2) is 10.5. The maximum atomic E-state index is 5.65. The lowest BCUT2D eigenvalue weighted by Gasteiger charge is -2.22. The second-order valence-electron chi connectivity index (χ2n) is 6.85. The van der Waals surface area contributed by atoms with Gasteiger partial charge in [-0.2, -0.15) is 0 Å². The van der Waals surface area contributed by atoms with Gasteiger partial charge in [-0.3, -0.25) is 0 Å². The van der Waals surface area contributed by atoms with Gasteiger partial charge >= 0.3 is 0 Å². The summed E-state index contributed by atoms with van der Waals surface area (Å²) in [6.07, 6.45) is 5.56. The average Bonchev–Trinajstić information content (AvgIpc) is 2.68. The molecule has 0 N–H and O–H groups in total. The predicted octanol–water partition coefficient (Wildman–Crippen LogP) is 4.18. The highest BCUT2D eigenvalue weighted by atomic mass is 16.5. The first-order valence-corrected chi connectivity index (χ1v) is 9.69. The van der Waals surface area contributed by atoms with E-state index in [0.717, 1.165) is 32.3 Å². The Kier molecular flexibility index (Phi) is 7.68. The van der Waals surface area contributed by atoms with Crippen LogP contribution in [0, 0.1) is 0 Å². The summed E-state index contributed by atoms with van der Waals surface area (Å²) in [4.78, 5) is 0. The highest BCUT2D eigenvalue weighted by Gasteiger charge is 2.17. The van der Waals surface area contributed by atoms with Crippen LogP contribution in [0.2, 0.25) is 0 Å². The fraction of sp³-hybridized carbons (Fsp3) is 0.478. The Hall–Kier alpha value is -1.68. The minimum absolute atomic E-state index is 0.641. The maximum Gasteiger partial charge on any atom is 0.0701 e. The van der Waals surface area contributed by atoms with Gasteiger partial charge < -0.3 is 14.2 Å². The normalized spacial score (nSPS) is 12.7. The molecular weight excluding hydrogens is 324 g/mol. The third-order valence-electron chi connectivity index (χ3n) is 5.03. The molecular formula is C23H30O3. The summed E-state index contributed by atoms with van der Waals surface area (Å²) in [5, 5.41) is 0. The molecule has 26 heavy (non-hydrogen) atoms. The van der Waals surface area contributed by atoms with Crippen LogP contribution in [0.1, 0.15) is 40.7 Å². The van der Waals surface area contributed by atoms with Crippen LogP contribution < -0.4 is 0 Å². The van der Waals surface area contributed by atoms with Gasteiger partial charge in [0, 0.05) is 13.7 Å². The molecule has 140 valence electrons. The van der Waals surface area contributed by atoms with E-state index in [4.69, 9.17) is 14.2 Å². The van der Waals surface area contributed by atoms with E-state index in [2.05, 4.69) is 42.5 Å². The van der Waals surface area contributed by atoms with Gasteiger partial charge in [0.1, 0.15) is 0 Å². The molecule has 1 aliphatic carbocycles. The number of ether oxygens (including phenoxy) is 3. The highest BCUT2D eigenvalue weighted by Crippen LogP contribution is 2.29. The molecule has 3 heteroatoms. The van der Waals surface area contributed by atoms with Crippen molar-refractivity contribution >= 4 is 0 Å². The van der Waals surface area contributed by atoms with E-state index >= 15 is 0 Å². The minimum Gasteiger partial charge on any atom is -0.382 e. The molecule has 3 rings (SSSR count). The summed E-state index contributed by atoms with van der Waals surface area (Å²) in [7, 11) is 1.68. The first kappa shape index (κ1) is 19.1. The van der Waals surface area contributed by atoms with Gasteiger partial charge in [0.05, 0.1) is 26.4 Å². The molecule has 0 heterocycles. The molecule has 0 radical (unpaired) electrons. The van der Waals surface area contributed by atoms with E-state index in [0.29, 0.717) is 26.4 Å². The fourth-order valence-corrected chi connectivity index (χ4v) is 3.60. The number of unbranched alkanes of at least 4 members (excludes halogenated alkanes) is 1. The van der Waals surface area contributed by atoms with Crippen molar-refractivity contribution < 1.29 is 14.2 Å². The van der Waals surface area contributed by atoms with Crippen molar-refractivity contribution in [3.8, 4) is 0 Å². The van der Waals surface area contributed by atoms with Crippen LogP contribution >= 0.6 is 0 Å². The lowest BCUT2D eigenvalue weighted by molar-refractivity contribution is 0.0240. The Morgan fingerprint density at radius 2 is 1.38 bits per heavy atom. The van der Waals surface area contributed by atoms with Crippen LogP contribution in [0.3, 0.4) is 0 Å². The van der Waals surface area contributed by atoms with Gasteiger partial charge in [0.15, 0.2) is 0 Å². The van der Waals surface area contributed by atoms with Gasteiger partial charge in [0.25, 0.3) is 0 Å². The zero-order valence-corrected chi connectivity index (χ0v) is 15.8. The van der Waals surface area contributed by atoms with E-state index in [1.54, 1.807) is 12.7 Å². The van der Waals surface area contributed by atoms with Gasteiger partial charge in [-0.25, -0.2) is 0 Å². The van der Waals surface area contributed by atoms with E-state index in [1.165, 1.54) is 28.7 Å². The van der Waals surface area contributed by atoms with E-state index in [-0.39, 0.29) is 0 Å². The molecule has 0 bridgehead atoms. The lowest BCUT2D eigenvalue weighted by atomic mass is 9.83. The molecule has 0 saturated carbocycles. The summed E-state index contributed by atoms with van der Waals surface area (Å²) in [5.41, 5.74) is 7.55. The Balaban J connectivity index is 1.39. The molecule has 0 spiro atoms. The third kappa shape index (κ3) is 5.41. The topological polar surface area (TPSA) is 27.7 Å². The van der Waals surface area contributed by atoms with E-state index in [1.807, 2.05) is 0 Å². The molecule has 0 atom stereocenters. The SMILES string of the molecule is COCCOCCOCCCCc1cccc2c1Cc1ccccc1C2. The quantitative estimate of drug-likeness (QED) is 0.483. The summed E-state index contributed by atoms with van der Waals surface area (Å²) >= 11 is 0. The molecule has 0 aromatic heterocycles. The summed E-state index contributed by atoms with van der Waals surface area (Å²) in [5.74, 6) is 0. The van der Waals surface area contributed by atoms with Crippen molar-refractivity contribution in [1.29, 1.82) is 0 Å². The Morgan fingerprint density at radius 1 is 0.692 bits per heavy atom. The van der Waals surface area contributed by atoms with E-state index < -0.39 is 0 Å². The number of methoxy groups -OCH3 is 1. The van der Waals surface area contributed by atoms with Crippen molar-refractivity contribution in [2.45, 2.75) is 32.1 Å². The Labute approximate surface area is 157 Å². The van der Waals surface area contributed by atoms with Gasteiger partial charge in [-0.05, 0) is 59.9 Å². The maximum absolute atomic E-state index is 5.65. The summed E-state index contributed by atoms with van der Waals surface area (Å²) < 4.78 is 16.0. The van der Waals surface area contributed by atoms with Crippen LogP contribution in [-0.4, -0.2) is 40.1 Å². The molecule has 2 aromatic carbocycles. The van der Waals surface area contributed by atoms with Crippen LogP contribution in [0.5, 0.6) is 0 Å². The zero-order valence-electron chi connectivity index (χ0n) is 15.8. The van der Waals surface area contributed by atoms with Crippen LogP contribution in [-0.2, 0) is 33.5 Å². The van der Waals surface area contributed by atoms with Crippen molar-refractivity contribution in [3.05, 3.63) is 70.3 Å². The van der Waals surface area contributed by atoms with Crippen molar-refractivity contribution in [2.24, 2.45) is 0 Å². The van der Waals surface area contributed by atoms with Crippen LogP contribution in [0.15, 0.2) is 42.5 Å². The number of rotatable bonds is 11. The van der Waals surface area contributed by atoms with Crippen molar-refractivity contribution in [2.75, 3.05) is 40.1 Å². The Bertz CT molecular complexity index is 681. The number of hydrogen-bond acceptors (Lipinski definition) is 3. The summed E-state index contributed by atoms with van der Waals surface area (Å²) in [6, 6.07) is 15.7. The molecule has 0 saturated heterocycles. The molecule has 2 aromatic rings. The molecule has 1 aliphatic rings. The van der Waals surface area contributed by atoms with Crippen LogP contribution in [0.4, 0.5) is 0 Å². The van der Waals surface area contributed by atoms with Crippen molar-refractivity contribution in [3.63, 3.8) is 0 Å².